The Morgan fingerprint density at radius 1 is 1.60 bits per heavy atom. The third kappa shape index (κ3) is 1.83. The first-order valence-electron chi connectivity index (χ1n) is 4.42. The lowest BCUT2D eigenvalue weighted by molar-refractivity contribution is 1.16. The summed E-state index contributed by atoms with van der Waals surface area (Å²) in [4.78, 5) is 8.64. The van der Waals surface area contributed by atoms with Crippen molar-refractivity contribution in [3.05, 3.63) is 17.3 Å². The molecule has 0 aliphatic carbocycles. The van der Waals surface area contributed by atoms with Gasteiger partial charge in [-0.2, -0.15) is 5.26 Å². The molecule has 0 aliphatic heterocycles. The molecule has 0 amide bonds. The molecule has 0 aromatic carbocycles. The number of thiazole rings is 1. The van der Waals surface area contributed by atoms with Gasteiger partial charge < -0.3 is 0 Å². The Morgan fingerprint density at radius 2 is 2.40 bits per heavy atom. The van der Waals surface area contributed by atoms with E-state index in [9.17, 15) is 0 Å². The number of thioether (sulfide) groups is 1. The molecule has 2 aromatic rings. The number of fused-ring (bicyclic) bond motifs is 1. The quantitative estimate of drug-likeness (QED) is 0.751. The minimum Gasteiger partial charge on any atom is -0.236 e. The number of nitrogens with zero attached hydrogens (tertiary/aromatic N) is 3. The van der Waals surface area contributed by atoms with Crippen LogP contribution in [0.2, 0.25) is 0 Å². The third-order valence-corrected chi connectivity index (χ3v) is 4.35. The maximum absolute atomic E-state index is 8.67. The normalized spacial score (nSPS) is 10.5. The molecule has 2 rings (SSSR count). The zero-order chi connectivity index (χ0) is 10.8. The van der Waals surface area contributed by atoms with E-state index in [1.807, 2.05) is 13.2 Å². The number of hydrogen-bond acceptors (Lipinski definition) is 5. The van der Waals surface area contributed by atoms with Gasteiger partial charge in [-0.3, -0.25) is 0 Å². The number of rotatable bonds is 2. The minimum atomic E-state index is 0.418. The average Bonchev–Trinajstić information content (AvgIpc) is 2.66. The van der Waals surface area contributed by atoms with Crippen LogP contribution in [-0.4, -0.2) is 16.2 Å². The van der Waals surface area contributed by atoms with Gasteiger partial charge in [0.15, 0.2) is 9.99 Å². The van der Waals surface area contributed by atoms with Gasteiger partial charge in [0.2, 0.25) is 0 Å². The average molecular weight is 235 g/mol. The van der Waals surface area contributed by atoms with Gasteiger partial charge >= 0.3 is 0 Å². The number of aryl methyl sites for hydroxylation is 1. The molecule has 0 saturated carbocycles. The van der Waals surface area contributed by atoms with Crippen molar-refractivity contribution in [3.63, 3.8) is 0 Å². The fourth-order valence-electron chi connectivity index (χ4n) is 1.36. The van der Waals surface area contributed by atoms with Crippen molar-refractivity contribution in [1.82, 2.24) is 9.97 Å². The molecule has 0 aliphatic rings. The molecule has 0 radical (unpaired) electrons. The second kappa shape index (κ2) is 4.17. The highest BCUT2D eigenvalue weighted by molar-refractivity contribution is 8.00. The standard InChI is InChI=1S/C10H9N3S2/c1-6-7(3-4-11)5-12-9-8(6)15-10(13-9)14-2/h5H,3H2,1-2H3. The van der Waals surface area contributed by atoms with Crippen molar-refractivity contribution in [2.75, 3.05) is 6.26 Å². The number of pyridine rings is 1. The van der Waals surface area contributed by atoms with E-state index < -0.39 is 0 Å². The fraction of sp³-hybridized carbons (Fsp3) is 0.300. The van der Waals surface area contributed by atoms with E-state index in [0.29, 0.717) is 6.42 Å². The van der Waals surface area contributed by atoms with Crippen LogP contribution in [0.3, 0.4) is 0 Å². The van der Waals surface area contributed by atoms with Crippen LogP contribution in [0.4, 0.5) is 0 Å². The minimum absolute atomic E-state index is 0.418. The summed E-state index contributed by atoms with van der Waals surface area (Å²) in [6.45, 7) is 2.03. The van der Waals surface area contributed by atoms with Crippen molar-refractivity contribution in [3.8, 4) is 6.07 Å². The van der Waals surface area contributed by atoms with Crippen LogP contribution < -0.4 is 0 Å². The zero-order valence-electron chi connectivity index (χ0n) is 8.44. The topological polar surface area (TPSA) is 49.6 Å². The van der Waals surface area contributed by atoms with E-state index in [-0.39, 0.29) is 0 Å². The Hall–Kier alpha value is -1.12. The Balaban J connectivity index is 2.62. The molecular formula is C10H9N3S2. The highest BCUT2D eigenvalue weighted by atomic mass is 32.2. The molecule has 0 bridgehead atoms. The molecule has 0 atom stereocenters. The summed E-state index contributed by atoms with van der Waals surface area (Å²) in [6.07, 6.45) is 4.18. The van der Waals surface area contributed by atoms with Crippen LogP contribution in [-0.2, 0) is 6.42 Å². The molecule has 76 valence electrons. The summed E-state index contributed by atoms with van der Waals surface area (Å²) >= 11 is 3.27. The van der Waals surface area contributed by atoms with Crippen molar-refractivity contribution in [1.29, 1.82) is 5.26 Å². The number of nitriles is 1. The van der Waals surface area contributed by atoms with Crippen molar-refractivity contribution < 1.29 is 0 Å². The van der Waals surface area contributed by atoms with E-state index in [2.05, 4.69) is 16.0 Å². The molecule has 0 fully saturated rings. The lowest BCUT2D eigenvalue weighted by Crippen LogP contribution is -1.90. The lowest BCUT2D eigenvalue weighted by atomic mass is 10.1. The fourth-order valence-corrected chi connectivity index (χ4v) is 2.90. The maximum atomic E-state index is 8.67. The first kappa shape index (κ1) is 10.4. The lowest BCUT2D eigenvalue weighted by Gasteiger charge is -1.99. The van der Waals surface area contributed by atoms with Gasteiger partial charge in [0.25, 0.3) is 0 Å². The summed E-state index contributed by atoms with van der Waals surface area (Å²) in [5.74, 6) is 0. The van der Waals surface area contributed by atoms with Crippen LogP contribution in [0.1, 0.15) is 11.1 Å². The van der Waals surface area contributed by atoms with Gasteiger partial charge in [0, 0.05) is 6.20 Å². The van der Waals surface area contributed by atoms with Crippen LogP contribution in [0, 0.1) is 18.3 Å². The van der Waals surface area contributed by atoms with Gasteiger partial charge in [-0.05, 0) is 24.3 Å². The van der Waals surface area contributed by atoms with Crippen LogP contribution in [0.15, 0.2) is 10.5 Å². The highest BCUT2D eigenvalue weighted by Gasteiger charge is 2.09. The second-order valence-corrected chi connectivity index (χ2v) is 5.13. The number of aromatic nitrogens is 2. The Kier molecular flexibility index (Phi) is 2.89. The maximum Gasteiger partial charge on any atom is 0.171 e. The molecule has 0 spiro atoms. The van der Waals surface area contributed by atoms with Crippen molar-refractivity contribution in [2.45, 2.75) is 17.7 Å². The summed E-state index contributed by atoms with van der Waals surface area (Å²) in [5, 5.41) is 8.67. The smallest absolute Gasteiger partial charge is 0.171 e. The molecule has 15 heavy (non-hydrogen) atoms. The van der Waals surface area contributed by atoms with Gasteiger partial charge in [-0.15, -0.1) is 11.3 Å². The molecular weight excluding hydrogens is 226 g/mol. The van der Waals surface area contributed by atoms with E-state index in [1.165, 1.54) is 0 Å². The molecule has 5 heteroatoms. The van der Waals surface area contributed by atoms with Crippen LogP contribution in [0.5, 0.6) is 0 Å². The zero-order valence-corrected chi connectivity index (χ0v) is 10.1. The summed E-state index contributed by atoms with van der Waals surface area (Å²) in [5.41, 5.74) is 2.93. The summed E-state index contributed by atoms with van der Waals surface area (Å²) < 4.78 is 2.13. The van der Waals surface area contributed by atoms with E-state index in [1.54, 1.807) is 29.3 Å². The van der Waals surface area contributed by atoms with Crippen LogP contribution in [0.25, 0.3) is 10.3 Å². The SMILES string of the molecule is CSc1nc2ncc(CC#N)c(C)c2s1. The van der Waals surface area contributed by atoms with E-state index in [0.717, 1.165) is 25.8 Å². The molecule has 2 heterocycles. The molecule has 0 N–H and O–H groups in total. The Morgan fingerprint density at radius 3 is 3.07 bits per heavy atom. The van der Waals surface area contributed by atoms with Gasteiger partial charge in [-0.1, -0.05) is 11.8 Å². The van der Waals surface area contributed by atoms with E-state index >= 15 is 0 Å². The van der Waals surface area contributed by atoms with Crippen LogP contribution >= 0.6 is 23.1 Å². The van der Waals surface area contributed by atoms with Gasteiger partial charge in [0.1, 0.15) is 0 Å². The largest absolute Gasteiger partial charge is 0.236 e. The molecule has 2 aromatic heterocycles. The summed E-state index contributed by atoms with van der Waals surface area (Å²) in [6, 6.07) is 2.15. The number of hydrogen-bond donors (Lipinski definition) is 0. The van der Waals surface area contributed by atoms with Gasteiger partial charge in [-0.25, -0.2) is 9.97 Å². The first-order valence-corrected chi connectivity index (χ1v) is 6.46. The van der Waals surface area contributed by atoms with E-state index in [4.69, 9.17) is 5.26 Å². The highest BCUT2D eigenvalue weighted by Crippen LogP contribution is 2.30. The monoisotopic (exact) mass is 235 g/mol. The first-order chi connectivity index (χ1) is 7.26. The molecule has 0 unspecified atom stereocenters. The molecule has 3 nitrogen and oxygen atoms in total. The van der Waals surface area contributed by atoms with Gasteiger partial charge in [0.05, 0.1) is 17.2 Å². The van der Waals surface area contributed by atoms with Crippen molar-refractivity contribution >= 4 is 33.4 Å². The molecule has 0 saturated heterocycles. The Labute approximate surface area is 96.2 Å². The van der Waals surface area contributed by atoms with Crippen molar-refractivity contribution in [2.24, 2.45) is 0 Å². The predicted molar refractivity (Wildman–Crippen MR) is 63.3 cm³/mol. The Bertz CT molecular complexity index is 539. The predicted octanol–water partition coefficient (Wildman–Crippen LogP) is 2.79. The third-order valence-electron chi connectivity index (χ3n) is 2.20. The summed E-state index contributed by atoms with van der Waals surface area (Å²) in [7, 11) is 0. The second-order valence-electron chi connectivity index (χ2n) is 3.08.